The largest absolute Gasteiger partial charge is 0.493 e. The van der Waals surface area contributed by atoms with E-state index in [1.165, 1.54) is 33.2 Å². The summed E-state index contributed by atoms with van der Waals surface area (Å²) in [7, 11) is 0. The molecule has 0 saturated heterocycles. The number of hydrogen-bond donors (Lipinski definition) is 1. The van der Waals surface area contributed by atoms with Crippen molar-refractivity contribution in [3.8, 4) is 17.0 Å². The van der Waals surface area contributed by atoms with E-state index >= 15 is 0 Å². The maximum atomic E-state index is 12.7. The smallest absolute Gasteiger partial charge is 0.337 e. The molecular formula is C38H31N3O3. The number of nitrogens with zero attached hydrogens (tertiary/aromatic N) is 3. The van der Waals surface area contributed by atoms with Crippen LogP contribution in [0, 0.1) is 6.92 Å². The van der Waals surface area contributed by atoms with E-state index in [0.29, 0.717) is 23.1 Å². The zero-order chi connectivity index (χ0) is 29.8. The van der Waals surface area contributed by atoms with Gasteiger partial charge in [-0.2, -0.15) is 0 Å². The lowest BCUT2D eigenvalue weighted by molar-refractivity contribution is 0.0700. The molecule has 0 amide bonds. The minimum atomic E-state index is -0.953. The maximum Gasteiger partial charge on any atom is 0.337 e. The Bertz CT molecular complexity index is 2240. The van der Waals surface area contributed by atoms with Crippen LogP contribution in [-0.4, -0.2) is 31.6 Å². The summed E-state index contributed by atoms with van der Waals surface area (Å²) < 4.78 is 10.2. The third-order valence-electron chi connectivity index (χ3n) is 8.97. The molecule has 6 heteroatoms. The van der Waals surface area contributed by atoms with Gasteiger partial charge in [0.25, 0.3) is 0 Å². The standard InChI is InChI=1S/C38H31N3O3/c1-24-7-6-10-31-35(24)28(23-40(31)19-16-25-12-15-33-27(21-25)17-20-44-33)22-32-37(39-34-11-4-5-18-41(32)34)30-14-13-26-8-2-3-9-29(26)36(30)38(42)43/h2-15,18,21,23H,16-17,19-20,22H2,1H3,(H,42,43). The molecule has 0 radical (unpaired) electrons. The lowest BCUT2D eigenvalue weighted by atomic mass is 9.94. The normalized spacial score (nSPS) is 12.7. The van der Waals surface area contributed by atoms with Crippen LogP contribution in [0.5, 0.6) is 5.75 Å². The molecule has 1 aliphatic heterocycles. The van der Waals surface area contributed by atoms with E-state index < -0.39 is 5.97 Å². The van der Waals surface area contributed by atoms with Crippen molar-refractivity contribution in [3.63, 3.8) is 0 Å². The highest BCUT2D eigenvalue weighted by Gasteiger charge is 2.23. The number of hydrogen-bond acceptors (Lipinski definition) is 3. The zero-order valence-corrected chi connectivity index (χ0v) is 24.5. The van der Waals surface area contributed by atoms with Gasteiger partial charge in [-0.05, 0) is 70.6 Å². The first-order valence-electron chi connectivity index (χ1n) is 15.1. The number of carboxylic acid groups (broad SMARTS) is 1. The second kappa shape index (κ2) is 10.4. The van der Waals surface area contributed by atoms with Crippen molar-refractivity contribution in [2.45, 2.75) is 32.7 Å². The highest BCUT2D eigenvalue weighted by Crippen LogP contribution is 2.36. The zero-order valence-electron chi connectivity index (χ0n) is 24.5. The fourth-order valence-electron chi connectivity index (χ4n) is 6.91. The molecule has 4 heterocycles. The van der Waals surface area contributed by atoms with Crippen LogP contribution in [0.2, 0.25) is 0 Å². The molecule has 8 rings (SSSR count). The summed E-state index contributed by atoms with van der Waals surface area (Å²) in [4.78, 5) is 17.7. The Morgan fingerprint density at radius 1 is 0.977 bits per heavy atom. The Morgan fingerprint density at radius 3 is 2.77 bits per heavy atom. The molecule has 7 aromatic rings. The van der Waals surface area contributed by atoms with E-state index in [1.54, 1.807) is 0 Å². The highest BCUT2D eigenvalue weighted by molar-refractivity contribution is 6.09. The minimum Gasteiger partial charge on any atom is -0.493 e. The number of aromatic carboxylic acids is 1. The predicted molar refractivity (Wildman–Crippen MR) is 174 cm³/mol. The molecule has 0 bridgehead atoms. The van der Waals surface area contributed by atoms with E-state index in [-0.39, 0.29) is 5.56 Å². The Balaban J connectivity index is 1.25. The van der Waals surface area contributed by atoms with Gasteiger partial charge in [-0.3, -0.25) is 0 Å². The summed E-state index contributed by atoms with van der Waals surface area (Å²) in [5.41, 5.74) is 9.62. The fourth-order valence-corrected chi connectivity index (χ4v) is 6.91. The van der Waals surface area contributed by atoms with Crippen LogP contribution in [0.4, 0.5) is 0 Å². The van der Waals surface area contributed by atoms with Gasteiger partial charge in [0.2, 0.25) is 0 Å². The van der Waals surface area contributed by atoms with Crippen LogP contribution < -0.4 is 4.74 Å². The Labute approximate surface area is 254 Å². The quantitative estimate of drug-likeness (QED) is 0.209. The van der Waals surface area contributed by atoms with E-state index in [9.17, 15) is 9.90 Å². The van der Waals surface area contributed by atoms with Crippen LogP contribution in [0.1, 0.15) is 38.3 Å². The number of benzene rings is 4. The molecule has 3 aromatic heterocycles. The number of pyridine rings is 1. The number of aromatic nitrogens is 3. The SMILES string of the molecule is Cc1cccc2c1c(Cc1c(-c3ccc4ccccc4c3C(=O)O)nc3ccccn13)cn2CCc1ccc2c(c1)CCO2. The molecule has 1 aliphatic rings. The van der Waals surface area contributed by atoms with Crippen molar-refractivity contribution < 1.29 is 14.6 Å². The van der Waals surface area contributed by atoms with E-state index in [2.05, 4.69) is 58.5 Å². The third kappa shape index (κ3) is 4.33. The number of fused-ring (bicyclic) bond motifs is 4. The monoisotopic (exact) mass is 577 g/mol. The minimum absolute atomic E-state index is 0.283. The lowest BCUT2D eigenvalue weighted by Crippen LogP contribution is -2.03. The molecule has 0 fully saturated rings. The van der Waals surface area contributed by atoms with Crippen molar-refractivity contribution in [2.75, 3.05) is 6.61 Å². The number of carbonyl (C=O) groups is 1. The van der Waals surface area contributed by atoms with E-state index in [4.69, 9.17) is 9.72 Å². The van der Waals surface area contributed by atoms with E-state index in [0.717, 1.165) is 48.5 Å². The van der Waals surface area contributed by atoms with Gasteiger partial charge in [0.15, 0.2) is 0 Å². The predicted octanol–water partition coefficient (Wildman–Crippen LogP) is 7.88. The number of rotatable bonds is 7. The van der Waals surface area contributed by atoms with Crippen molar-refractivity contribution >= 4 is 33.3 Å². The Kier molecular flexibility index (Phi) is 6.22. The maximum absolute atomic E-state index is 12.7. The van der Waals surface area contributed by atoms with Crippen LogP contribution in [0.25, 0.3) is 38.6 Å². The van der Waals surface area contributed by atoms with Gasteiger partial charge in [-0.15, -0.1) is 0 Å². The summed E-state index contributed by atoms with van der Waals surface area (Å²) in [6.07, 6.45) is 6.80. The molecule has 0 spiro atoms. The second-order valence-electron chi connectivity index (χ2n) is 11.6. The van der Waals surface area contributed by atoms with E-state index in [1.807, 2.05) is 60.8 Å². The molecule has 44 heavy (non-hydrogen) atoms. The summed E-state index contributed by atoms with van der Waals surface area (Å²) in [6.45, 7) is 3.79. The van der Waals surface area contributed by atoms with Gasteiger partial charge in [0.05, 0.1) is 23.6 Å². The summed E-state index contributed by atoms with van der Waals surface area (Å²) >= 11 is 0. The number of ether oxygens (including phenoxy) is 1. The van der Waals surface area contributed by atoms with Gasteiger partial charge in [-0.25, -0.2) is 9.78 Å². The fraction of sp³-hybridized carbons (Fsp3) is 0.158. The van der Waals surface area contributed by atoms with Gasteiger partial charge in [0, 0.05) is 48.2 Å². The highest BCUT2D eigenvalue weighted by atomic mass is 16.5. The first-order chi connectivity index (χ1) is 21.5. The first-order valence-corrected chi connectivity index (χ1v) is 15.1. The molecule has 4 aromatic carbocycles. The van der Waals surface area contributed by atoms with Crippen molar-refractivity contribution in [2.24, 2.45) is 0 Å². The summed E-state index contributed by atoms with van der Waals surface area (Å²) in [6, 6.07) is 30.5. The molecule has 0 aliphatic carbocycles. The topological polar surface area (TPSA) is 68.8 Å². The van der Waals surface area contributed by atoms with Gasteiger partial charge >= 0.3 is 5.97 Å². The van der Waals surface area contributed by atoms with Crippen molar-refractivity contribution in [3.05, 3.63) is 137 Å². The van der Waals surface area contributed by atoms with Crippen LogP contribution in [0.15, 0.2) is 103 Å². The average Bonchev–Trinajstić information content (AvgIpc) is 3.75. The lowest BCUT2D eigenvalue weighted by Gasteiger charge is -2.11. The van der Waals surface area contributed by atoms with Gasteiger partial charge < -0.3 is 18.8 Å². The summed E-state index contributed by atoms with van der Waals surface area (Å²) in [5.74, 6) is 0.0600. The van der Waals surface area contributed by atoms with Crippen molar-refractivity contribution in [1.29, 1.82) is 0 Å². The molecule has 0 unspecified atom stereocenters. The molecule has 0 saturated carbocycles. The molecule has 1 N–H and O–H groups in total. The second-order valence-corrected chi connectivity index (χ2v) is 11.6. The first kappa shape index (κ1) is 26.3. The third-order valence-corrected chi connectivity index (χ3v) is 8.97. The number of imidazole rings is 1. The van der Waals surface area contributed by atoms with Gasteiger partial charge in [-0.1, -0.05) is 66.7 Å². The summed E-state index contributed by atoms with van der Waals surface area (Å²) in [5, 5.41) is 13.3. The Morgan fingerprint density at radius 2 is 1.86 bits per heavy atom. The molecule has 0 atom stereocenters. The Hall–Kier alpha value is -5.36. The van der Waals surface area contributed by atoms with Crippen molar-refractivity contribution in [1.82, 2.24) is 14.0 Å². The molecular weight excluding hydrogens is 546 g/mol. The van der Waals surface area contributed by atoms with Crippen LogP contribution in [-0.2, 0) is 25.8 Å². The molecule has 216 valence electrons. The average molecular weight is 578 g/mol. The number of aryl methyl sites for hydroxylation is 3. The van der Waals surface area contributed by atoms with Crippen LogP contribution >= 0.6 is 0 Å². The van der Waals surface area contributed by atoms with Gasteiger partial charge in [0.1, 0.15) is 11.4 Å². The number of carboxylic acids is 1. The van der Waals surface area contributed by atoms with Crippen LogP contribution in [0.3, 0.4) is 0 Å². The molecule has 6 nitrogen and oxygen atoms in total.